The first kappa shape index (κ1) is 14.0. The van der Waals surface area contributed by atoms with E-state index in [0.717, 1.165) is 50.5 Å². The monoisotopic (exact) mass is 316 g/mol. The van der Waals surface area contributed by atoms with E-state index < -0.39 is 0 Å². The zero-order valence-electron chi connectivity index (χ0n) is 12.7. The minimum Gasteiger partial charge on any atom is -0.342 e. The molecule has 0 aliphatic carbocycles. The van der Waals surface area contributed by atoms with Gasteiger partial charge in [0.05, 0.1) is 23.6 Å². The number of aromatic nitrogens is 2. The fourth-order valence-electron chi connectivity index (χ4n) is 3.39. The van der Waals surface area contributed by atoms with E-state index in [9.17, 15) is 4.79 Å². The molecule has 1 fully saturated rings. The third kappa shape index (κ3) is 2.36. The summed E-state index contributed by atoms with van der Waals surface area (Å²) in [5.41, 5.74) is 3.49. The van der Waals surface area contributed by atoms with Gasteiger partial charge >= 0.3 is 0 Å². The highest BCUT2D eigenvalue weighted by atomic mass is 32.1. The highest BCUT2D eigenvalue weighted by molar-refractivity contribution is 7.07. The van der Waals surface area contributed by atoms with Crippen molar-refractivity contribution in [1.82, 2.24) is 19.4 Å². The van der Waals surface area contributed by atoms with Gasteiger partial charge in [0, 0.05) is 39.8 Å². The van der Waals surface area contributed by atoms with Crippen LogP contribution in [0.25, 0.3) is 0 Å². The standard InChI is InChI=1S/C16H20N4OS/c1-18-11-17-14-9-19(7-12-3-6-22-10-12)8-13(15(14)18)16(21)20-4-2-5-20/h3,6,10-11,13H,2,4-5,7-9H2,1H3/t13-/m0/s1. The Hall–Kier alpha value is -1.66. The molecule has 5 nitrogen and oxygen atoms in total. The van der Waals surface area contributed by atoms with E-state index in [0.29, 0.717) is 0 Å². The van der Waals surface area contributed by atoms with E-state index in [2.05, 4.69) is 26.7 Å². The van der Waals surface area contributed by atoms with Crippen molar-refractivity contribution in [3.05, 3.63) is 40.1 Å². The van der Waals surface area contributed by atoms with Gasteiger partial charge in [-0.25, -0.2) is 4.98 Å². The molecule has 22 heavy (non-hydrogen) atoms. The summed E-state index contributed by atoms with van der Waals surface area (Å²) in [6.45, 7) is 4.33. The number of rotatable bonds is 3. The number of likely N-dealkylation sites (tertiary alicyclic amines) is 1. The maximum Gasteiger partial charge on any atom is 0.233 e. The summed E-state index contributed by atoms with van der Waals surface area (Å²) < 4.78 is 2.03. The van der Waals surface area contributed by atoms with Gasteiger partial charge in [0.2, 0.25) is 5.91 Å². The van der Waals surface area contributed by atoms with Crippen LogP contribution in [0.3, 0.4) is 0 Å². The summed E-state index contributed by atoms with van der Waals surface area (Å²) in [6, 6.07) is 2.16. The molecule has 2 aromatic heterocycles. The Kier molecular flexibility index (Phi) is 3.50. The predicted octanol–water partition coefficient (Wildman–Crippen LogP) is 1.81. The molecule has 0 unspecified atom stereocenters. The molecule has 116 valence electrons. The molecule has 0 spiro atoms. The number of fused-ring (bicyclic) bond motifs is 1. The van der Waals surface area contributed by atoms with E-state index in [4.69, 9.17) is 0 Å². The normalized spacial score (nSPS) is 21.5. The lowest BCUT2D eigenvalue weighted by Gasteiger charge is -2.38. The average molecular weight is 316 g/mol. The number of aryl methyl sites for hydroxylation is 1. The Morgan fingerprint density at radius 1 is 1.45 bits per heavy atom. The Balaban J connectivity index is 1.60. The van der Waals surface area contributed by atoms with E-state index in [1.807, 2.05) is 22.8 Å². The highest BCUT2D eigenvalue weighted by Gasteiger charge is 2.37. The quantitative estimate of drug-likeness (QED) is 0.867. The minimum absolute atomic E-state index is 0.0739. The number of amides is 1. The van der Waals surface area contributed by atoms with Gasteiger partial charge in [-0.15, -0.1) is 0 Å². The number of imidazole rings is 1. The summed E-state index contributed by atoms with van der Waals surface area (Å²) in [6.07, 6.45) is 2.98. The second-order valence-electron chi connectivity index (χ2n) is 6.22. The molecule has 1 atom stereocenters. The molecular weight excluding hydrogens is 296 g/mol. The maximum absolute atomic E-state index is 12.8. The van der Waals surface area contributed by atoms with Gasteiger partial charge in [-0.3, -0.25) is 9.69 Å². The number of hydrogen-bond donors (Lipinski definition) is 0. The van der Waals surface area contributed by atoms with Crippen molar-refractivity contribution < 1.29 is 4.79 Å². The molecule has 0 bridgehead atoms. The van der Waals surface area contributed by atoms with Crippen molar-refractivity contribution in [2.45, 2.75) is 25.4 Å². The first-order chi connectivity index (χ1) is 10.7. The third-order valence-corrected chi connectivity index (χ3v) is 5.39. The summed E-state index contributed by atoms with van der Waals surface area (Å²) in [4.78, 5) is 21.7. The van der Waals surface area contributed by atoms with Crippen LogP contribution in [0.1, 0.15) is 29.3 Å². The van der Waals surface area contributed by atoms with E-state index in [1.165, 1.54) is 5.56 Å². The zero-order valence-corrected chi connectivity index (χ0v) is 13.6. The van der Waals surface area contributed by atoms with Crippen LogP contribution in [0.15, 0.2) is 23.2 Å². The number of nitrogens with zero attached hydrogens (tertiary/aromatic N) is 4. The molecule has 2 aromatic rings. The Labute approximate surface area is 134 Å². The summed E-state index contributed by atoms with van der Waals surface area (Å²) in [5, 5.41) is 4.29. The van der Waals surface area contributed by atoms with E-state index >= 15 is 0 Å². The largest absolute Gasteiger partial charge is 0.342 e. The third-order valence-electron chi connectivity index (χ3n) is 4.66. The van der Waals surface area contributed by atoms with Crippen LogP contribution in [-0.4, -0.2) is 44.9 Å². The van der Waals surface area contributed by atoms with Crippen LogP contribution >= 0.6 is 11.3 Å². The van der Waals surface area contributed by atoms with Crippen molar-refractivity contribution >= 4 is 17.2 Å². The number of carbonyl (C=O) groups is 1. The van der Waals surface area contributed by atoms with Crippen molar-refractivity contribution in [3.8, 4) is 0 Å². The molecule has 2 aliphatic rings. The Morgan fingerprint density at radius 2 is 2.32 bits per heavy atom. The molecular formula is C16H20N4OS. The number of thiophene rings is 1. The number of hydrogen-bond acceptors (Lipinski definition) is 4. The van der Waals surface area contributed by atoms with Gasteiger partial charge in [0.15, 0.2) is 0 Å². The van der Waals surface area contributed by atoms with Crippen molar-refractivity contribution in [2.24, 2.45) is 7.05 Å². The molecule has 2 aliphatic heterocycles. The molecule has 0 saturated carbocycles. The topological polar surface area (TPSA) is 41.4 Å². The van der Waals surface area contributed by atoms with Crippen LogP contribution in [0.2, 0.25) is 0 Å². The van der Waals surface area contributed by atoms with Crippen LogP contribution in [0.5, 0.6) is 0 Å². The van der Waals surface area contributed by atoms with Crippen LogP contribution < -0.4 is 0 Å². The van der Waals surface area contributed by atoms with Crippen molar-refractivity contribution in [2.75, 3.05) is 19.6 Å². The van der Waals surface area contributed by atoms with Gasteiger partial charge in [0.1, 0.15) is 0 Å². The maximum atomic E-state index is 12.8. The van der Waals surface area contributed by atoms with Crippen molar-refractivity contribution in [3.63, 3.8) is 0 Å². The fourth-order valence-corrected chi connectivity index (χ4v) is 4.05. The molecule has 0 N–H and O–H groups in total. The second-order valence-corrected chi connectivity index (χ2v) is 7.00. The molecule has 0 aromatic carbocycles. The highest BCUT2D eigenvalue weighted by Crippen LogP contribution is 2.31. The molecule has 4 rings (SSSR count). The van der Waals surface area contributed by atoms with Crippen LogP contribution in [-0.2, 0) is 24.9 Å². The van der Waals surface area contributed by atoms with Crippen molar-refractivity contribution in [1.29, 1.82) is 0 Å². The van der Waals surface area contributed by atoms with Gasteiger partial charge in [0.25, 0.3) is 0 Å². The lowest BCUT2D eigenvalue weighted by molar-refractivity contribution is -0.137. The molecule has 4 heterocycles. The first-order valence-electron chi connectivity index (χ1n) is 7.74. The SMILES string of the molecule is Cn1cnc2c1[C@@H](C(=O)N1CCC1)CN(Cc1ccsc1)C2. The zero-order chi connectivity index (χ0) is 15.1. The van der Waals surface area contributed by atoms with E-state index in [-0.39, 0.29) is 11.8 Å². The van der Waals surface area contributed by atoms with Gasteiger partial charge < -0.3 is 9.47 Å². The van der Waals surface area contributed by atoms with Gasteiger partial charge in [-0.2, -0.15) is 11.3 Å². The van der Waals surface area contributed by atoms with Gasteiger partial charge in [-0.05, 0) is 28.8 Å². The lowest BCUT2D eigenvalue weighted by Crippen LogP contribution is -2.48. The van der Waals surface area contributed by atoms with Crippen LogP contribution in [0.4, 0.5) is 0 Å². The van der Waals surface area contributed by atoms with E-state index in [1.54, 1.807) is 11.3 Å². The Morgan fingerprint density at radius 3 is 3.00 bits per heavy atom. The molecule has 1 saturated heterocycles. The molecule has 1 amide bonds. The predicted molar refractivity (Wildman–Crippen MR) is 85.6 cm³/mol. The fraction of sp³-hybridized carbons (Fsp3) is 0.500. The summed E-state index contributed by atoms with van der Waals surface area (Å²) in [7, 11) is 2.00. The second kappa shape index (κ2) is 5.52. The minimum atomic E-state index is -0.0739. The number of carbonyl (C=O) groups excluding carboxylic acids is 1. The molecule has 0 radical (unpaired) electrons. The van der Waals surface area contributed by atoms with Crippen LogP contribution in [0, 0.1) is 0 Å². The first-order valence-corrected chi connectivity index (χ1v) is 8.69. The Bertz CT molecular complexity index is 674. The summed E-state index contributed by atoms with van der Waals surface area (Å²) in [5.74, 6) is 0.196. The molecule has 6 heteroatoms. The summed E-state index contributed by atoms with van der Waals surface area (Å²) >= 11 is 1.72. The average Bonchev–Trinajstić information content (AvgIpc) is 3.07. The smallest absolute Gasteiger partial charge is 0.233 e. The lowest BCUT2D eigenvalue weighted by atomic mass is 9.95. The van der Waals surface area contributed by atoms with Gasteiger partial charge in [-0.1, -0.05) is 0 Å².